The molecule has 0 rings (SSSR count). The van der Waals surface area contributed by atoms with Gasteiger partial charge in [-0.15, -0.1) is 26.2 Å². The van der Waals surface area contributed by atoms with Gasteiger partial charge in [-0.2, -0.15) is 0 Å². The molecule has 0 aromatic carbocycles. The van der Waals surface area contributed by atoms with Gasteiger partial charge in [0.2, 0.25) is 0 Å². The Labute approximate surface area is 211 Å². The van der Waals surface area contributed by atoms with E-state index in [1.807, 2.05) is 0 Å². The Morgan fingerprint density at radius 3 is 2.27 bits per heavy atom. The first-order valence-electron chi connectivity index (χ1n) is 11.7. The van der Waals surface area contributed by atoms with E-state index in [4.69, 9.17) is 0 Å². The van der Waals surface area contributed by atoms with Gasteiger partial charge in [0.1, 0.15) is 0 Å². The van der Waals surface area contributed by atoms with E-state index >= 15 is 0 Å². The van der Waals surface area contributed by atoms with Crippen LogP contribution in [0.25, 0.3) is 0 Å². The van der Waals surface area contributed by atoms with Crippen LogP contribution in [0.5, 0.6) is 0 Å². The number of allylic oxidation sites excluding steroid dienone is 1. The molecule has 0 aliphatic heterocycles. The SMILES string of the molecule is C=CCC(O)CCCC(C=C)CCC(CC)CNC[CH-]CNCC(CCC)N=C.[U]. The maximum atomic E-state index is 9.81. The molecule has 3 N–H and O–H groups in total. The van der Waals surface area contributed by atoms with Gasteiger partial charge in [-0.3, -0.25) is 4.99 Å². The summed E-state index contributed by atoms with van der Waals surface area (Å²) in [4.78, 5) is 4.16. The molecule has 0 aliphatic rings. The molecule has 0 bridgehead atoms. The molecule has 4 nitrogen and oxygen atoms in total. The molecule has 0 aliphatic carbocycles. The van der Waals surface area contributed by atoms with Crippen LogP contribution in [0.3, 0.4) is 0 Å². The van der Waals surface area contributed by atoms with Crippen LogP contribution >= 0.6 is 0 Å². The molecule has 5 heteroatoms. The fourth-order valence-electron chi connectivity index (χ4n) is 3.61. The standard InChI is InChI=1S/C25H48N3O.U/c1-6-12-24(26-5)21-28-19-11-18-27-20-23(9-4)17-16-22(8-3)14-10-15-25(29)13-7-2;/h7-8,11,22-25,27-29H,2-3,5-6,9-10,12-21H2,1,4H3;/q-1;. The van der Waals surface area contributed by atoms with Crippen molar-refractivity contribution in [1.29, 1.82) is 0 Å². The van der Waals surface area contributed by atoms with E-state index < -0.39 is 0 Å². The zero-order valence-electron chi connectivity index (χ0n) is 19.7. The summed E-state index contributed by atoms with van der Waals surface area (Å²) in [5.74, 6) is 1.27. The fourth-order valence-corrected chi connectivity index (χ4v) is 3.61. The zero-order valence-corrected chi connectivity index (χ0v) is 23.9. The summed E-state index contributed by atoms with van der Waals surface area (Å²) in [6.07, 6.45) is 15.6. The van der Waals surface area contributed by atoms with Crippen molar-refractivity contribution in [2.75, 3.05) is 26.2 Å². The second-order valence-corrected chi connectivity index (χ2v) is 8.19. The van der Waals surface area contributed by atoms with Gasteiger partial charge in [0.05, 0.1) is 12.1 Å². The van der Waals surface area contributed by atoms with E-state index in [2.05, 4.69) is 61.8 Å². The van der Waals surface area contributed by atoms with Crippen LogP contribution in [0, 0.1) is 49.4 Å². The van der Waals surface area contributed by atoms with E-state index in [1.54, 1.807) is 6.08 Å². The summed E-state index contributed by atoms with van der Waals surface area (Å²) in [6.45, 7) is 19.7. The molecule has 0 fully saturated rings. The van der Waals surface area contributed by atoms with Gasteiger partial charge in [0, 0.05) is 37.7 Å². The average molecular weight is 645 g/mol. The molecule has 0 spiro atoms. The van der Waals surface area contributed by atoms with Crippen molar-refractivity contribution in [2.45, 2.75) is 83.8 Å². The molecule has 0 amide bonds. The Balaban J connectivity index is 0. The summed E-state index contributed by atoms with van der Waals surface area (Å²) in [5, 5.41) is 16.8. The van der Waals surface area contributed by atoms with Crippen LogP contribution in [0.2, 0.25) is 0 Å². The summed E-state index contributed by atoms with van der Waals surface area (Å²) in [7, 11) is 0. The maximum absolute atomic E-state index is 9.81. The quantitative estimate of drug-likeness (QED) is 0.0677. The van der Waals surface area contributed by atoms with Gasteiger partial charge >= 0.3 is 0 Å². The van der Waals surface area contributed by atoms with Crippen molar-refractivity contribution < 1.29 is 36.2 Å². The molecule has 0 heterocycles. The summed E-state index contributed by atoms with van der Waals surface area (Å²) in [5.41, 5.74) is 0. The molecule has 4 atom stereocenters. The Bertz CT molecular complexity index is 406. The Kier molecular flexibility index (Phi) is 25.5. The number of rotatable bonds is 22. The predicted molar refractivity (Wildman–Crippen MR) is 130 cm³/mol. The third kappa shape index (κ3) is 18.8. The first-order valence-corrected chi connectivity index (χ1v) is 11.7. The van der Waals surface area contributed by atoms with Crippen LogP contribution in [0.15, 0.2) is 30.3 Å². The van der Waals surface area contributed by atoms with Crippen molar-refractivity contribution in [3.63, 3.8) is 0 Å². The summed E-state index contributed by atoms with van der Waals surface area (Å²) in [6, 6.07) is 0.342. The van der Waals surface area contributed by atoms with E-state index in [9.17, 15) is 5.11 Å². The van der Waals surface area contributed by atoms with Gasteiger partial charge in [0.15, 0.2) is 0 Å². The molecule has 0 radical (unpaired) electrons. The van der Waals surface area contributed by atoms with Crippen molar-refractivity contribution in [3.05, 3.63) is 31.7 Å². The van der Waals surface area contributed by atoms with E-state index in [1.165, 1.54) is 19.3 Å². The van der Waals surface area contributed by atoms with E-state index in [0.29, 0.717) is 24.3 Å². The smallest absolute Gasteiger partial charge is 0.0615 e. The van der Waals surface area contributed by atoms with Crippen LogP contribution < -0.4 is 10.6 Å². The molecule has 4 unspecified atom stereocenters. The molecule has 0 saturated heterocycles. The number of hydrogen-bond donors (Lipinski definition) is 3. The maximum Gasteiger partial charge on any atom is 0.0615 e. The van der Waals surface area contributed by atoms with Crippen molar-refractivity contribution in [1.82, 2.24) is 10.6 Å². The van der Waals surface area contributed by atoms with Gasteiger partial charge < -0.3 is 22.2 Å². The first-order chi connectivity index (χ1) is 14.1. The Morgan fingerprint density at radius 2 is 1.70 bits per heavy atom. The molecule has 174 valence electrons. The van der Waals surface area contributed by atoms with Gasteiger partial charge in [-0.05, 0) is 63.6 Å². The number of hydrogen-bond acceptors (Lipinski definition) is 4. The molecular formula is C25H48N3OU-. The number of nitrogens with zero attached hydrogens (tertiary/aromatic N) is 1. The second-order valence-electron chi connectivity index (χ2n) is 8.19. The van der Waals surface area contributed by atoms with E-state index in [-0.39, 0.29) is 37.2 Å². The predicted octanol–water partition coefficient (Wildman–Crippen LogP) is 4.96. The first kappa shape index (κ1) is 32.3. The largest absolute Gasteiger partial charge is 0.393 e. The molecule has 0 aromatic rings. The minimum absolute atomic E-state index is 0. The summed E-state index contributed by atoms with van der Waals surface area (Å²) >= 11 is 0. The minimum Gasteiger partial charge on any atom is -0.393 e. The van der Waals surface area contributed by atoms with E-state index in [0.717, 1.165) is 58.3 Å². The van der Waals surface area contributed by atoms with Crippen LogP contribution in [0.4, 0.5) is 0 Å². The van der Waals surface area contributed by atoms with Gasteiger partial charge in [-0.25, -0.2) is 0 Å². The molecule has 30 heavy (non-hydrogen) atoms. The van der Waals surface area contributed by atoms with Crippen LogP contribution in [-0.4, -0.2) is 50.1 Å². The third-order valence-corrected chi connectivity index (χ3v) is 5.68. The Hall–Kier alpha value is 0.0819. The zero-order chi connectivity index (χ0) is 21.7. The topological polar surface area (TPSA) is 56.6 Å². The number of aliphatic hydroxyl groups is 1. The van der Waals surface area contributed by atoms with Crippen molar-refractivity contribution in [2.24, 2.45) is 16.8 Å². The normalized spacial score (nSPS) is 14.9. The average Bonchev–Trinajstić information content (AvgIpc) is 2.72. The number of nitrogens with one attached hydrogen (secondary N) is 2. The summed E-state index contributed by atoms with van der Waals surface area (Å²) < 4.78 is 0. The second kappa shape index (κ2) is 23.7. The molecular weight excluding hydrogens is 596 g/mol. The van der Waals surface area contributed by atoms with Crippen LogP contribution in [-0.2, 0) is 0 Å². The van der Waals surface area contributed by atoms with Crippen molar-refractivity contribution in [3.8, 4) is 0 Å². The fraction of sp³-hybridized carbons (Fsp3) is 0.760. The molecule has 0 aromatic heterocycles. The number of aliphatic hydroxyl groups excluding tert-OH is 1. The Morgan fingerprint density at radius 1 is 1.00 bits per heavy atom. The number of aliphatic imine (C=N–C) groups is 1. The monoisotopic (exact) mass is 644 g/mol. The van der Waals surface area contributed by atoms with Crippen LogP contribution in [0.1, 0.15) is 71.6 Å². The van der Waals surface area contributed by atoms with Gasteiger partial charge in [0.25, 0.3) is 0 Å². The molecule has 0 saturated carbocycles. The minimum atomic E-state index is -0.234. The van der Waals surface area contributed by atoms with Crippen molar-refractivity contribution >= 4 is 6.72 Å². The van der Waals surface area contributed by atoms with Gasteiger partial charge in [-0.1, -0.05) is 45.3 Å². The third-order valence-electron chi connectivity index (χ3n) is 5.68.